The van der Waals surface area contributed by atoms with Gasteiger partial charge in [-0.1, -0.05) is 12.1 Å². The minimum absolute atomic E-state index is 0. The molecule has 0 aliphatic heterocycles. The monoisotopic (exact) mass is 435 g/mol. The number of anilines is 1. The van der Waals surface area contributed by atoms with Gasteiger partial charge in [-0.15, -0.1) is 12.4 Å². The Morgan fingerprint density at radius 3 is 2.77 bits per heavy atom. The first-order valence-electron chi connectivity index (χ1n) is 9.49. The van der Waals surface area contributed by atoms with Crippen molar-refractivity contribution < 1.29 is 9.18 Å². The maximum Gasteiger partial charge on any atom is 0.272 e. The number of pyridine rings is 1. The standard InChI is InChI=1S/C23H18FN5O.ClH/c1-28-14-26-19-12-18(7-8-20(19)28)27-23(30)21-11-16-5-3-9-25-22(16)29(21)13-15-4-2-6-17(24)10-15;/h2-12,14H,13H2,1H3,(H,27,30);1H. The normalized spacial score (nSPS) is 10.9. The number of benzene rings is 2. The van der Waals surface area contributed by atoms with Crippen LogP contribution in [0.4, 0.5) is 10.1 Å². The lowest BCUT2D eigenvalue weighted by Gasteiger charge is -2.11. The van der Waals surface area contributed by atoms with Crippen LogP contribution >= 0.6 is 12.4 Å². The topological polar surface area (TPSA) is 64.7 Å². The number of fused-ring (bicyclic) bond motifs is 2. The number of aryl methyl sites for hydroxylation is 1. The summed E-state index contributed by atoms with van der Waals surface area (Å²) < 4.78 is 17.4. The van der Waals surface area contributed by atoms with Crippen LogP contribution in [0.5, 0.6) is 0 Å². The average molecular weight is 436 g/mol. The second-order valence-electron chi connectivity index (χ2n) is 7.17. The maximum absolute atomic E-state index is 13.7. The number of halogens is 2. The summed E-state index contributed by atoms with van der Waals surface area (Å²) in [5.74, 6) is -0.578. The van der Waals surface area contributed by atoms with Crippen molar-refractivity contribution in [3.8, 4) is 0 Å². The van der Waals surface area contributed by atoms with Crippen molar-refractivity contribution in [3.05, 3.63) is 90.3 Å². The van der Waals surface area contributed by atoms with Crippen LogP contribution < -0.4 is 5.32 Å². The molecule has 31 heavy (non-hydrogen) atoms. The van der Waals surface area contributed by atoms with Gasteiger partial charge in [0.05, 0.1) is 17.4 Å². The summed E-state index contributed by atoms with van der Waals surface area (Å²) in [6.07, 6.45) is 3.42. The molecule has 1 amide bonds. The zero-order valence-corrected chi connectivity index (χ0v) is 17.4. The van der Waals surface area contributed by atoms with Crippen LogP contribution in [0.15, 0.2) is 73.2 Å². The molecule has 0 fully saturated rings. The smallest absolute Gasteiger partial charge is 0.272 e. The van der Waals surface area contributed by atoms with Gasteiger partial charge in [-0.3, -0.25) is 4.79 Å². The molecule has 3 aromatic heterocycles. The van der Waals surface area contributed by atoms with E-state index in [1.807, 2.05) is 48.0 Å². The Morgan fingerprint density at radius 1 is 1.06 bits per heavy atom. The fourth-order valence-corrected chi connectivity index (χ4v) is 3.66. The highest BCUT2D eigenvalue weighted by Crippen LogP contribution is 2.22. The number of carbonyl (C=O) groups excluding carboxylic acids is 1. The Balaban J connectivity index is 0.00000231. The predicted molar refractivity (Wildman–Crippen MR) is 121 cm³/mol. The first kappa shape index (κ1) is 20.6. The third kappa shape index (κ3) is 3.87. The maximum atomic E-state index is 13.7. The molecule has 0 bridgehead atoms. The number of rotatable bonds is 4. The minimum atomic E-state index is -0.313. The van der Waals surface area contributed by atoms with Gasteiger partial charge in [-0.25, -0.2) is 14.4 Å². The van der Waals surface area contributed by atoms with Gasteiger partial charge < -0.3 is 14.5 Å². The summed E-state index contributed by atoms with van der Waals surface area (Å²) in [5.41, 5.74) is 4.32. The largest absolute Gasteiger partial charge is 0.334 e. The molecule has 3 heterocycles. The number of amides is 1. The van der Waals surface area contributed by atoms with Crippen molar-refractivity contribution in [2.24, 2.45) is 7.05 Å². The lowest BCUT2D eigenvalue weighted by molar-refractivity contribution is 0.101. The number of carbonyl (C=O) groups is 1. The fourth-order valence-electron chi connectivity index (χ4n) is 3.66. The van der Waals surface area contributed by atoms with Crippen LogP contribution in [0.2, 0.25) is 0 Å². The van der Waals surface area contributed by atoms with Crippen LogP contribution in [-0.4, -0.2) is 25.0 Å². The summed E-state index contributed by atoms with van der Waals surface area (Å²) >= 11 is 0. The van der Waals surface area contributed by atoms with Crippen molar-refractivity contribution in [2.45, 2.75) is 6.54 Å². The van der Waals surface area contributed by atoms with Gasteiger partial charge in [0, 0.05) is 30.9 Å². The Kier molecular flexibility index (Phi) is 5.44. The van der Waals surface area contributed by atoms with Crippen LogP contribution in [0.25, 0.3) is 22.1 Å². The van der Waals surface area contributed by atoms with Gasteiger partial charge in [0.25, 0.3) is 5.91 Å². The molecule has 5 rings (SSSR count). The molecule has 8 heteroatoms. The molecule has 156 valence electrons. The molecule has 0 saturated carbocycles. The lowest BCUT2D eigenvalue weighted by Crippen LogP contribution is -2.17. The SMILES string of the molecule is Cl.Cn1cnc2cc(NC(=O)c3cc4cccnc4n3Cc3cccc(F)c3)ccc21. The van der Waals surface area contributed by atoms with Crippen molar-refractivity contribution in [3.63, 3.8) is 0 Å². The highest BCUT2D eigenvalue weighted by atomic mass is 35.5. The Labute approximate surface area is 183 Å². The van der Waals surface area contributed by atoms with Gasteiger partial charge in [0.15, 0.2) is 0 Å². The van der Waals surface area contributed by atoms with Crippen LogP contribution in [-0.2, 0) is 13.6 Å². The number of nitrogens with one attached hydrogen (secondary N) is 1. The van der Waals surface area contributed by atoms with E-state index in [9.17, 15) is 9.18 Å². The average Bonchev–Trinajstić information content (AvgIpc) is 3.29. The van der Waals surface area contributed by atoms with E-state index in [1.54, 1.807) is 29.2 Å². The molecule has 0 aliphatic carbocycles. The number of hydrogen-bond acceptors (Lipinski definition) is 3. The summed E-state index contributed by atoms with van der Waals surface area (Å²) in [5, 5.41) is 3.79. The molecule has 2 aromatic carbocycles. The second kappa shape index (κ2) is 8.20. The van der Waals surface area contributed by atoms with Crippen LogP contribution in [0, 0.1) is 5.82 Å². The van der Waals surface area contributed by atoms with Gasteiger partial charge >= 0.3 is 0 Å². The molecule has 0 unspecified atom stereocenters. The van der Waals surface area contributed by atoms with Gasteiger partial charge in [0.1, 0.15) is 17.2 Å². The Morgan fingerprint density at radius 2 is 1.94 bits per heavy atom. The molecule has 0 saturated heterocycles. The van der Waals surface area contributed by atoms with Gasteiger partial charge in [-0.05, 0) is 54.1 Å². The molecule has 0 radical (unpaired) electrons. The molecule has 1 N–H and O–H groups in total. The predicted octanol–water partition coefficient (Wildman–Crippen LogP) is 4.78. The highest BCUT2D eigenvalue weighted by molar-refractivity contribution is 6.06. The van der Waals surface area contributed by atoms with Crippen LogP contribution in [0.3, 0.4) is 0 Å². The first-order chi connectivity index (χ1) is 14.6. The second-order valence-corrected chi connectivity index (χ2v) is 7.17. The van der Waals surface area contributed by atoms with E-state index >= 15 is 0 Å². The van der Waals surface area contributed by atoms with Crippen LogP contribution in [0.1, 0.15) is 16.1 Å². The number of nitrogens with zero attached hydrogens (tertiary/aromatic N) is 4. The minimum Gasteiger partial charge on any atom is -0.334 e. The Hall–Kier alpha value is -3.71. The fraction of sp³-hybridized carbons (Fsp3) is 0.0870. The number of aromatic nitrogens is 4. The summed E-state index contributed by atoms with van der Waals surface area (Å²) in [6, 6.07) is 17.5. The zero-order chi connectivity index (χ0) is 20.7. The Bertz CT molecular complexity index is 1410. The van der Waals surface area contributed by atoms with Crippen molar-refractivity contribution in [1.29, 1.82) is 0 Å². The summed E-state index contributed by atoms with van der Waals surface area (Å²) in [7, 11) is 1.92. The molecule has 0 atom stereocenters. The third-order valence-corrected chi connectivity index (χ3v) is 5.10. The molecule has 6 nitrogen and oxygen atoms in total. The summed E-state index contributed by atoms with van der Waals surface area (Å²) in [6.45, 7) is 0.334. The highest BCUT2D eigenvalue weighted by Gasteiger charge is 2.17. The van der Waals surface area contributed by atoms with E-state index < -0.39 is 0 Å². The van der Waals surface area contributed by atoms with E-state index in [-0.39, 0.29) is 24.1 Å². The third-order valence-electron chi connectivity index (χ3n) is 5.10. The molecular formula is C23H19ClFN5O. The number of imidazole rings is 1. The van der Waals surface area contributed by atoms with Crippen molar-refractivity contribution in [1.82, 2.24) is 19.1 Å². The van der Waals surface area contributed by atoms with E-state index in [0.717, 1.165) is 22.0 Å². The van der Waals surface area contributed by atoms with E-state index in [2.05, 4.69) is 15.3 Å². The van der Waals surface area contributed by atoms with E-state index in [4.69, 9.17) is 0 Å². The number of hydrogen-bond donors (Lipinski definition) is 1. The molecular weight excluding hydrogens is 417 g/mol. The molecule has 5 aromatic rings. The lowest BCUT2D eigenvalue weighted by atomic mass is 10.2. The van der Waals surface area contributed by atoms with Gasteiger partial charge in [-0.2, -0.15) is 0 Å². The zero-order valence-electron chi connectivity index (χ0n) is 16.6. The molecule has 0 spiro atoms. The summed E-state index contributed by atoms with van der Waals surface area (Å²) in [4.78, 5) is 21.9. The molecule has 0 aliphatic rings. The van der Waals surface area contributed by atoms with Crippen molar-refractivity contribution in [2.75, 3.05) is 5.32 Å². The van der Waals surface area contributed by atoms with E-state index in [1.165, 1.54) is 12.1 Å². The van der Waals surface area contributed by atoms with E-state index in [0.29, 0.717) is 23.6 Å². The van der Waals surface area contributed by atoms with Gasteiger partial charge in [0.2, 0.25) is 0 Å². The quantitative estimate of drug-likeness (QED) is 0.441. The van der Waals surface area contributed by atoms with Crippen molar-refractivity contribution >= 4 is 46.1 Å². The first-order valence-corrected chi connectivity index (χ1v) is 9.49.